The maximum absolute atomic E-state index is 12.3. The first-order valence-electron chi connectivity index (χ1n) is 4.19. The van der Waals surface area contributed by atoms with Crippen molar-refractivity contribution in [1.29, 1.82) is 0 Å². The van der Waals surface area contributed by atoms with Gasteiger partial charge in [-0.05, 0) is 22.6 Å². The molecule has 15 heavy (non-hydrogen) atoms. The first kappa shape index (κ1) is 13.0. The number of halogens is 4. The van der Waals surface area contributed by atoms with E-state index in [0.29, 0.717) is 17.7 Å². The van der Waals surface area contributed by atoms with Crippen molar-refractivity contribution < 1.29 is 8.78 Å². The van der Waals surface area contributed by atoms with Crippen LogP contribution in [0.5, 0.6) is 0 Å². The van der Waals surface area contributed by atoms with Gasteiger partial charge < -0.3 is 4.90 Å². The molecule has 1 heterocycles. The van der Waals surface area contributed by atoms with Gasteiger partial charge in [-0.15, -0.1) is 0 Å². The Balaban J connectivity index is 2.83. The van der Waals surface area contributed by atoms with Gasteiger partial charge in [0.05, 0.1) is 10.1 Å². The minimum Gasteiger partial charge on any atom is -0.349 e. The van der Waals surface area contributed by atoms with Gasteiger partial charge in [0.25, 0.3) is 6.43 Å². The first-order valence-corrected chi connectivity index (χ1v) is 6.39. The molecule has 0 unspecified atom stereocenters. The van der Waals surface area contributed by atoms with Crippen LogP contribution in [0.25, 0.3) is 0 Å². The smallest absolute Gasteiger partial charge is 0.255 e. The zero-order valence-corrected chi connectivity index (χ0v) is 11.5. The molecule has 84 valence electrons. The van der Waals surface area contributed by atoms with E-state index in [1.54, 1.807) is 11.1 Å². The summed E-state index contributed by atoms with van der Waals surface area (Å²) in [6, 6.07) is 0. The third-order valence-electron chi connectivity index (χ3n) is 1.66. The van der Waals surface area contributed by atoms with E-state index in [1.807, 2.05) is 22.6 Å². The summed E-state index contributed by atoms with van der Waals surface area (Å²) in [5.74, 6) is 0.561. The normalized spacial score (nSPS) is 10.7. The second kappa shape index (κ2) is 6.51. The minimum atomic E-state index is -2.37. The number of alkyl halides is 3. The van der Waals surface area contributed by atoms with Gasteiger partial charge in [0, 0.05) is 18.1 Å². The van der Waals surface area contributed by atoms with Crippen LogP contribution in [0.4, 0.5) is 14.6 Å². The third kappa shape index (κ3) is 4.13. The maximum Gasteiger partial charge on any atom is 0.255 e. The molecule has 1 aromatic rings. The predicted octanol–water partition coefficient (Wildman–Crippen LogP) is 2.55. The Kier molecular flexibility index (Phi) is 5.65. The monoisotopic (exact) mass is 391 g/mol. The van der Waals surface area contributed by atoms with Gasteiger partial charge >= 0.3 is 0 Å². The summed E-state index contributed by atoms with van der Waals surface area (Å²) < 4.78 is 25.4. The van der Waals surface area contributed by atoms with Crippen molar-refractivity contribution in [2.75, 3.05) is 23.3 Å². The molecule has 1 rings (SSSR count). The molecule has 0 aromatic carbocycles. The van der Waals surface area contributed by atoms with Crippen LogP contribution in [0, 0.1) is 3.57 Å². The molecule has 0 radical (unpaired) electrons. The van der Waals surface area contributed by atoms with Crippen LogP contribution in [0.1, 0.15) is 0 Å². The fourth-order valence-corrected chi connectivity index (χ4v) is 2.16. The van der Waals surface area contributed by atoms with Gasteiger partial charge in [0.2, 0.25) is 0 Å². The van der Waals surface area contributed by atoms with E-state index in [0.717, 1.165) is 3.57 Å². The Morgan fingerprint density at radius 1 is 1.53 bits per heavy atom. The second-order valence-corrected chi connectivity index (χ2v) is 4.68. The zero-order valence-electron chi connectivity index (χ0n) is 7.71. The van der Waals surface area contributed by atoms with Crippen LogP contribution >= 0.6 is 38.5 Å². The number of nitrogens with zero attached hydrogens (tertiary/aromatic N) is 3. The van der Waals surface area contributed by atoms with Crippen LogP contribution < -0.4 is 4.90 Å². The molecule has 3 nitrogen and oxygen atoms in total. The maximum atomic E-state index is 12.3. The quantitative estimate of drug-likeness (QED) is 0.570. The summed E-state index contributed by atoms with van der Waals surface area (Å²) in [6.07, 6.45) is 0.606. The van der Waals surface area contributed by atoms with Crippen molar-refractivity contribution in [2.45, 2.75) is 6.43 Å². The summed E-state index contributed by atoms with van der Waals surface area (Å²) in [7, 11) is 0. The molecule has 1 aromatic heterocycles. The van der Waals surface area contributed by atoms with Crippen LogP contribution in [-0.2, 0) is 0 Å². The Labute approximate surface area is 109 Å². The summed E-state index contributed by atoms with van der Waals surface area (Å²) in [5.41, 5.74) is 0. The van der Waals surface area contributed by atoms with Crippen LogP contribution in [-0.4, -0.2) is 34.8 Å². The highest BCUT2D eigenvalue weighted by Gasteiger charge is 2.15. The van der Waals surface area contributed by atoms with Crippen molar-refractivity contribution in [2.24, 2.45) is 0 Å². The van der Waals surface area contributed by atoms with Crippen LogP contribution in [0.3, 0.4) is 0 Å². The lowest BCUT2D eigenvalue weighted by Crippen LogP contribution is -2.32. The highest BCUT2D eigenvalue weighted by atomic mass is 127. The molecule has 0 fully saturated rings. The van der Waals surface area contributed by atoms with Crippen LogP contribution in [0.2, 0.25) is 0 Å². The fourth-order valence-electron chi connectivity index (χ4n) is 1.09. The summed E-state index contributed by atoms with van der Waals surface area (Å²) >= 11 is 5.26. The summed E-state index contributed by atoms with van der Waals surface area (Å²) in [4.78, 5) is 9.37. The van der Waals surface area contributed by atoms with E-state index < -0.39 is 6.43 Å². The molecule has 0 spiro atoms. The van der Waals surface area contributed by atoms with Crippen molar-refractivity contribution in [1.82, 2.24) is 9.97 Å². The van der Waals surface area contributed by atoms with E-state index in [4.69, 9.17) is 0 Å². The Hall–Kier alpha value is -0.0500. The number of hydrogen-bond donors (Lipinski definition) is 0. The van der Waals surface area contributed by atoms with Crippen molar-refractivity contribution in [3.8, 4) is 0 Å². The SMILES string of the molecule is FC(F)CN(CCBr)c1ncncc1I. The van der Waals surface area contributed by atoms with Gasteiger partial charge in [0.1, 0.15) is 12.1 Å². The zero-order chi connectivity index (χ0) is 11.3. The molecular formula is C8H9BrF2IN3. The molecule has 0 N–H and O–H groups in total. The highest BCUT2D eigenvalue weighted by molar-refractivity contribution is 14.1. The molecular weight excluding hydrogens is 383 g/mol. The van der Waals surface area contributed by atoms with E-state index in [1.165, 1.54) is 6.33 Å². The fraction of sp³-hybridized carbons (Fsp3) is 0.500. The largest absolute Gasteiger partial charge is 0.349 e. The number of aromatic nitrogens is 2. The average Bonchev–Trinajstić information content (AvgIpc) is 2.17. The molecule has 0 amide bonds. The third-order valence-corrected chi connectivity index (χ3v) is 2.78. The average molecular weight is 392 g/mol. The van der Waals surface area contributed by atoms with Crippen LogP contribution in [0.15, 0.2) is 12.5 Å². The van der Waals surface area contributed by atoms with Gasteiger partial charge in [-0.25, -0.2) is 18.7 Å². The Morgan fingerprint density at radius 2 is 2.27 bits per heavy atom. The molecule has 0 saturated carbocycles. The van der Waals surface area contributed by atoms with Crippen molar-refractivity contribution in [3.05, 3.63) is 16.1 Å². The Morgan fingerprint density at radius 3 is 2.80 bits per heavy atom. The molecule has 0 saturated heterocycles. The molecule has 0 aliphatic heterocycles. The van der Waals surface area contributed by atoms with Crippen molar-refractivity contribution in [3.63, 3.8) is 0 Å². The van der Waals surface area contributed by atoms with Gasteiger partial charge in [-0.2, -0.15) is 0 Å². The lowest BCUT2D eigenvalue weighted by Gasteiger charge is -2.22. The predicted molar refractivity (Wildman–Crippen MR) is 66.8 cm³/mol. The van der Waals surface area contributed by atoms with E-state index in [-0.39, 0.29) is 6.54 Å². The summed E-state index contributed by atoms with van der Waals surface area (Å²) in [5, 5.41) is 0.625. The number of rotatable bonds is 5. The standard InChI is InChI=1S/C8H9BrF2IN3/c9-1-2-15(4-7(10)11)8-6(12)3-13-5-14-8/h3,5,7H,1-2,4H2. The highest BCUT2D eigenvalue weighted by Crippen LogP contribution is 2.19. The number of hydrogen-bond acceptors (Lipinski definition) is 3. The minimum absolute atomic E-state index is 0.307. The van der Waals surface area contributed by atoms with Crippen molar-refractivity contribution >= 4 is 44.3 Å². The van der Waals surface area contributed by atoms with Gasteiger partial charge in [0.15, 0.2) is 0 Å². The molecule has 0 aliphatic carbocycles. The van der Waals surface area contributed by atoms with Gasteiger partial charge in [-0.1, -0.05) is 15.9 Å². The lowest BCUT2D eigenvalue weighted by molar-refractivity contribution is 0.155. The first-order chi connectivity index (χ1) is 7.15. The topological polar surface area (TPSA) is 29.0 Å². The van der Waals surface area contributed by atoms with E-state index in [9.17, 15) is 8.78 Å². The Bertz CT molecular complexity index is 314. The second-order valence-electron chi connectivity index (χ2n) is 2.72. The molecule has 0 atom stereocenters. The molecule has 0 aliphatic rings. The molecule has 7 heteroatoms. The van der Waals surface area contributed by atoms with Gasteiger partial charge in [-0.3, -0.25) is 0 Å². The van der Waals surface area contributed by atoms with E-state index >= 15 is 0 Å². The molecule has 0 bridgehead atoms. The van der Waals surface area contributed by atoms with E-state index in [2.05, 4.69) is 25.9 Å². The lowest BCUT2D eigenvalue weighted by atomic mass is 10.4. The summed E-state index contributed by atoms with van der Waals surface area (Å²) in [6.45, 7) is 0.190. The number of anilines is 1.